The Kier molecular flexibility index (Phi) is 11.2. The maximum Gasteiger partial charge on any atom is 0.305 e. The molecule has 0 bridgehead atoms. The Morgan fingerprint density at radius 1 is 0.852 bits per heavy atom. The molecule has 0 saturated heterocycles. The Morgan fingerprint density at radius 2 is 1.37 bits per heavy atom. The highest BCUT2D eigenvalue weighted by Gasteiger charge is 2.17. The van der Waals surface area contributed by atoms with Gasteiger partial charge in [-0.3, -0.25) is 9.59 Å². The fraction of sp³-hybridized carbons (Fsp3) is 0.565. The van der Waals surface area contributed by atoms with Gasteiger partial charge in [-0.2, -0.15) is 0 Å². The van der Waals surface area contributed by atoms with Crippen molar-refractivity contribution in [3.8, 4) is 0 Å². The van der Waals surface area contributed by atoms with Gasteiger partial charge in [-0.1, -0.05) is 69.7 Å². The molecule has 4 nitrogen and oxygen atoms in total. The zero-order valence-corrected chi connectivity index (χ0v) is 17.3. The van der Waals surface area contributed by atoms with Gasteiger partial charge in [-0.25, -0.2) is 0 Å². The molecule has 0 aliphatic carbocycles. The molecule has 0 heterocycles. The molecule has 0 aliphatic rings. The Labute approximate surface area is 163 Å². The third-order valence-corrected chi connectivity index (χ3v) is 4.36. The first-order valence-corrected chi connectivity index (χ1v) is 10.0. The third-order valence-electron chi connectivity index (χ3n) is 4.36. The first-order chi connectivity index (χ1) is 12.9. The van der Waals surface area contributed by atoms with Crippen molar-refractivity contribution >= 4 is 18.0 Å². The van der Waals surface area contributed by atoms with Crippen LogP contribution in [-0.2, 0) is 25.5 Å². The van der Waals surface area contributed by atoms with Gasteiger partial charge in [0.05, 0.1) is 0 Å². The molecule has 4 heteroatoms. The molecule has 0 atom stereocenters. The number of carbonyl (C=O) groups excluding carboxylic acids is 2. The lowest BCUT2D eigenvalue weighted by Crippen LogP contribution is -2.23. The summed E-state index contributed by atoms with van der Waals surface area (Å²) in [5, 5.41) is 0. The van der Waals surface area contributed by atoms with Crippen LogP contribution in [-0.4, -0.2) is 18.2 Å². The molecule has 1 aromatic carbocycles. The fourth-order valence-electron chi connectivity index (χ4n) is 2.91. The van der Waals surface area contributed by atoms with Gasteiger partial charge in [0.1, 0.15) is 0 Å². The largest absolute Gasteiger partial charge is 0.421 e. The van der Waals surface area contributed by atoms with Crippen LogP contribution in [0.15, 0.2) is 29.8 Å². The summed E-state index contributed by atoms with van der Waals surface area (Å²) in [6.07, 6.45) is 11.2. The molecule has 0 aliphatic heterocycles. The summed E-state index contributed by atoms with van der Waals surface area (Å²) in [6, 6.07) is 8.34. The van der Waals surface area contributed by atoms with E-state index >= 15 is 0 Å². The third kappa shape index (κ3) is 10.6. The Hall–Kier alpha value is -2.10. The van der Waals surface area contributed by atoms with E-state index in [4.69, 9.17) is 9.47 Å². The molecule has 0 fully saturated rings. The second-order valence-electron chi connectivity index (χ2n) is 7.05. The number of rotatable bonds is 12. The zero-order valence-electron chi connectivity index (χ0n) is 17.3. The molecule has 1 aromatic rings. The standard InChI is InChI=1S/C23H34O4/c1-5-6-7-8-9-10-11-12-21-13-15-22(16-14-21)17-18(2)23(26-19(3)24)27-20(4)25/h13-17,23H,5-12H2,1-4H3/b18-17+. The first-order valence-electron chi connectivity index (χ1n) is 10.0. The van der Waals surface area contributed by atoms with E-state index in [-0.39, 0.29) is 0 Å². The smallest absolute Gasteiger partial charge is 0.305 e. The van der Waals surface area contributed by atoms with Crippen LogP contribution in [0.2, 0.25) is 0 Å². The Bertz CT molecular complexity index is 585. The average Bonchev–Trinajstić information content (AvgIpc) is 2.61. The molecular weight excluding hydrogens is 340 g/mol. The number of esters is 2. The van der Waals surface area contributed by atoms with Crippen LogP contribution in [0.1, 0.15) is 83.8 Å². The fourth-order valence-corrected chi connectivity index (χ4v) is 2.91. The number of hydrogen-bond acceptors (Lipinski definition) is 4. The van der Waals surface area contributed by atoms with E-state index < -0.39 is 18.2 Å². The monoisotopic (exact) mass is 374 g/mol. The van der Waals surface area contributed by atoms with Crippen LogP contribution in [0.4, 0.5) is 0 Å². The molecule has 0 N–H and O–H groups in total. The Balaban J connectivity index is 2.52. The summed E-state index contributed by atoms with van der Waals surface area (Å²) in [4.78, 5) is 22.4. The van der Waals surface area contributed by atoms with Crippen LogP contribution >= 0.6 is 0 Å². The minimum atomic E-state index is -0.979. The van der Waals surface area contributed by atoms with Crippen molar-refractivity contribution in [1.82, 2.24) is 0 Å². The molecule has 0 radical (unpaired) electrons. The minimum Gasteiger partial charge on any atom is -0.421 e. The molecule has 1 rings (SSSR count). The van der Waals surface area contributed by atoms with Crippen molar-refractivity contribution in [3.05, 3.63) is 41.0 Å². The topological polar surface area (TPSA) is 52.6 Å². The van der Waals surface area contributed by atoms with Gasteiger partial charge in [0.2, 0.25) is 0 Å². The average molecular weight is 375 g/mol. The molecule has 0 amide bonds. The normalized spacial score (nSPS) is 11.5. The molecule has 0 aromatic heterocycles. The summed E-state index contributed by atoms with van der Waals surface area (Å²) in [5.74, 6) is -0.974. The Morgan fingerprint density at radius 3 is 1.89 bits per heavy atom. The number of benzene rings is 1. The number of ether oxygens (including phenoxy) is 2. The van der Waals surface area contributed by atoms with Gasteiger partial charge >= 0.3 is 11.9 Å². The highest BCUT2D eigenvalue weighted by molar-refractivity contribution is 5.69. The van der Waals surface area contributed by atoms with E-state index in [2.05, 4.69) is 19.1 Å². The summed E-state index contributed by atoms with van der Waals surface area (Å²) in [6.45, 7) is 6.61. The number of carbonyl (C=O) groups is 2. The van der Waals surface area contributed by atoms with E-state index in [9.17, 15) is 9.59 Å². The lowest BCUT2D eigenvalue weighted by molar-refractivity contribution is -0.177. The van der Waals surface area contributed by atoms with Crippen LogP contribution in [0, 0.1) is 0 Å². The van der Waals surface area contributed by atoms with Gasteiger partial charge < -0.3 is 9.47 Å². The minimum absolute atomic E-state index is 0.487. The van der Waals surface area contributed by atoms with Crippen molar-refractivity contribution in [1.29, 1.82) is 0 Å². The van der Waals surface area contributed by atoms with Crippen molar-refractivity contribution in [3.63, 3.8) is 0 Å². The van der Waals surface area contributed by atoms with Crippen LogP contribution in [0.25, 0.3) is 6.08 Å². The number of aryl methyl sites for hydroxylation is 1. The van der Waals surface area contributed by atoms with E-state index in [1.54, 1.807) is 6.92 Å². The van der Waals surface area contributed by atoms with Crippen LogP contribution in [0.5, 0.6) is 0 Å². The van der Waals surface area contributed by atoms with Crippen molar-refractivity contribution in [2.45, 2.75) is 85.4 Å². The van der Waals surface area contributed by atoms with Crippen molar-refractivity contribution < 1.29 is 19.1 Å². The van der Waals surface area contributed by atoms with Crippen molar-refractivity contribution in [2.75, 3.05) is 0 Å². The van der Waals surface area contributed by atoms with Crippen LogP contribution < -0.4 is 0 Å². The predicted molar refractivity (Wildman–Crippen MR) is 109 cm³/mol. The maximum atomic E-state index is 11.2. The zero-order chi connectivity index (χ0) is 20.1. The molecule has 0 spiro atoms. The predicted octanol–water partition coefficient (Wildman–Crippen LogP) is 5.84. The highest BCUT2D eigenvalue weighted by atomic mass is 16.7. The lowest BCUT2D eigenvalue weighted by Gasteiger charge is -2.17. The van der Waals surface area contributed by atoms with Gasteiger partial charge in [0, 0.05) is 19.4 Å². The van der Waals surface area contributed by atoms with E-state index in [0.29, 0.717) is 5.57 Å². The van der Waals surface area contributed by atoms with E-state index in [1.165, 1.54) is 64.4 Å². The summed E-state index contributed by atoms with van der Waals surface area (Å²) < 4.78 is 10.1. The van der Waals surface area contributed by atoms with Gasteiger partial charge in [-0.15, -0.1) is 0 Å². The maximum absolute atomic E-state index is 11.2. The molecular formula is C23H34O4. The van der Waals surface area contributed by atoms with Crippen LogP contribution in [0.3, 0.4) is 0 Å². The summed E-state index contributed by atoms with van der Waals surface area (Å²) in [5.41, 5.74) is 2.98. The number of hydrogen-bond donors (Lipinski definition) is 0. The van der Waals surface area contributed by atoms with Gasteiger partial charge in [-0.05, 0) is 37.0 Å². The van der Waals surface area contributed by atoms with Gasteiger partial charge in [0.15, 0.2) is 0 Å². The van der Waals surface area contributed by atoms with E-state index in [0.717, 1.165) is 12.0 Å². The summed E-state index contributed by atoms with van der Waals surface area (Å²) >= 11 is 0. The second kappa shape index (κ2) is 13.1. The summed E-state index contributed by atoms with van der Waals surface area (Å²) in [7, 11) is 0. The SMILES string of the molecule is CCCCCCCCCc1ccc(/C=C(\C)C(OC(C)=O)OC(C)=O)cc1. The number of unbranched alkanes of at least 4 members (excludes halogenated alkanes) is 6. The second-order valence-corrected chi connectivity index (χ2v) is 7.05. The highest BCUT2D eigenvalue weighted by Crippen LogP contribution is 2.16. The molecule has 0 saturated carbocycles. The first kappa shape index (κ1) is 22.9. The molecule has 27 heavy (non-hydrogen) atoms. The molecule has 150 valence electrons. The quantitative estimate of drug-likeness (QED) is 0.262. The lowest BCUT2D eigenvalue weighted by atomic mass is 10.0. The van der Waals surface area contributed by atoms with E-state index in [1.807, 2.05) is 18.2 Å². The van der Waals surface area contributed by atoms with Crippen molar-refractivity contribution in [2.24, 2.45) is 0 Å². The van der Waals surface area contributed by atoms with Gasteiger partial charge in [0.25, 0.3) is 6.29 Å². The molecule has 0 unspecified atom stereocenters.